The highest BCUT2D eigenvalue weighted by Gasteiger charge is 2.19. The molecule has 0 amide bonds. The Morgan fingerprint density at radius 3 is 2.52 bits per heavy atom. The molecule has 0 aliphatic heterocycles. The largest absolute Gasteiger partial charge is 0.384 e. The van der Waals surface area contributed by atoms with Crippen molar-refractivity contribution in [3.05, 3.63) is 51.9 Å². The van der Waals surface area contributed by atoms with Crippen LogP contribution in [-0.4, -0.2) is 15.0 Å². The standard InChI is InChI=1S/C14H14FIN2O2S/c1-2-17-13-5-3-4-6-14(13)21(19,20)18-12-8-7-10(15)9-11(12)16/h3-9,17-18H,2H2,1H3. The van der Waals surface area contributed by atoms with E-state index in [1.54, 1.807) is 18.2 Å². The topological polar surface area (TPSA) is 58.2 Å². The average Bonchev–Trinajstić information content (AvgIpc) is 2.43. The second-order valence-electron chi connectivity index (χ2n) is 4.26. The molecule has 0 fully saturated rings. The first-order valence-electron chi connectivity index (χ1n) is 6.25. The third-order valence-electron chi connectivity index (χ3n) is 2.72. The average molecular weight is 420 g/mol. The molecule has 2 rings (SSSR count). The Morgan fingerprint density at radius 1 is 1.14 bits per heavy atom. The van der Waals surface area contributed by atoms with Crippen molar-refractivity contribution < 1.29 is 12.8 Å². The summed E-state index contributed by atoms with van der Waals surface area (Å²) >= 11 is 1.89. The number of halogens is 2. The monoisotopic (exact) mass is 420 g/mol. The van der Waals surface area contributed by atoms with E-state index >= 15 is 0 Å². The van der Waals surface area contributed by atoms with Gasteiger partial charge in [-0.25, -0.2) is 12.8 Å². The molecule has 21 heavy (non-hydrogen) atoms. The van der Waals surface area contributed by atoms with Crippen molar-refractivity contribution in [2.45, 2.75) is 11.8 Å². The molecule has 0 aliphatic carbocycles. The maximum Gasteiger partial charge on any atom is 0.263 e. The number of para-hydroxylation sites is 1. The van der Waals surface area contributed by atoms with E-state index in [4.69, 9.17) is 0 Å². The van der Waals surface area contributed by atoms with Crippen LogP contribution in [0.3, 0.4) is 0 Å². The molecule has 2 aromatic rings. The van der Waals surface area contributed by atoms with Crippen molar-refractivity contribution in [2.75, 3.05) is 16.6 Å². The molecule has 0 aromatic heterocycles. The summed E-state index contributed by atoms with van der Waals surface area (Å²) in [5, 5.41) is 3.01. The Labute approximate surface area is 137 Å². The van der Waals surface area contributed by atoms with Gasteiger partial charge in [0, 0.05) is 10.1 Å². The number of hydrogen-bond donors (Lipinski definition) is 2. The maximum absolute atomic E-state index is 13.1. The Morgan fingerprint density at radius 2 is 1.86 bits per heavy atom. The normalized spacial score (nSPS) is 11.2. The van der Waals surface area contributed by atoms with E-state index in [-0.39, 0.29) is 4.90 Å². The quantitative estimate of drug-likeness (QED) is 0.726. The van der Waals surface area contributed by atoms with Crippen LogP contribution < -0.4 is 10.0 Å². The molecule has 4 nitrogen and oxygen atoms in total. The molecule has 0 atom stereocenters. The summed E-state index contributed by atoms with van der Waals surface area (Å²) in [6, 6.07) is 10.5. The van der Waals surface area contributed by atoms with E-state index in [9.17, 15) is 12.8 Å². The fraction of sp³-hybridized carbons (Fsp3) is 0.143. The first kappa shape index (κ1) is 16.0. The lowest BCUT2D eigenvalue weighted by molar-refractivity contribution is 0.601. The van der Waals surface area contributed by atoms with Crippen molar-refractivity contribution in [3.63, 3.8) is 0 Å². The molecule has 112 valence electrons. The fourth-order valence-corrected chi connectivity index (χ4v) is 3.87. The number of sulfonamides is 1. The van der Waals surface area contributed by atoms with Gasteiger partial charge in [0.15, 0.2) is 0 Å². The van der Waals surface area contributed by atoms with Crippen molar-refractivity contribution >= 4 is 44.0 Å². The summed E-state index contributed by atoms with van der Waals surface area (Å²) in [6.07, 6.45) is 0. The molecule has 0 heterocycles. The number of anilines is 2. The van der Waals surface area contributed by atoms with Gasteiger partial charge in [0.1, 0.15) is 10.7 Å². The van der Waals surface area contributed by atoms with Gasteiger partial charge in [0.05, 0.1) is 11.4 Å². The van der Waals surface area contributed by atoms with E-state index in [0.717, 1.165) is 0 Å². The van der Waals surface area contributed by atoms with Crippen LogP contribution in [0.5, 0.6) is 0 Å². The smallest absolute Gasteiger partial charge is 0.263 e. The van der Waals surface area contributed by atoms with Gasteiger partial charge in [-0.3, -0.25) is 4.72 Å². The Balaban J connectivity index is 2.39. The molecule has 0 bridgehead atoms. The third kappa shape index (κ3) is 3.85. The van der Waals surface area contributed by atoms with Crippen LogP contribution in [0.4, 0.5) is 15.8 Å². The summed E-state index contributed by atoms with van der Waals surface area (Å²) in [6.45, 7) is 2.50. The van der Waals surface area contributed by atoms with Gasteiger partial charge in [0.25, 0.3) is 10.0 Å². The van der Waals surface area contributed by atoms with Gasteiger partial charge >= 0.3 is 0 Å². The van der Waals surface area contributed by atoms with E-state index < -0.39 is 15.8 Å². The molecular weight excluding hydrogens is 406 g/mol. The zero-order valence-corrected chi connectivity index (χ0v) is 14.2. The number of hydrogen-bond acceptors (Lipinski definition) is 3. The minimum absolute atomic E-state index is 0.159. The van der Waals surface area contributed by atoms with E-state index in [0.29, 0.717) is 21.5 Å². The van der Waals surface area contributed by atoms with Crippen LogP contribution >= 0.6 is 22.6 Å². The summed E-state index contributed by atoms with van der Waals surface area (Å²) in [7, 11) is -3.74. The first-order chi connectivity index (χ1) is 9.94. The lowest BCUT2D eigenvalue weighted by atomic mass is 10.3. The van der Waals surface area contributed by atoms with Crippen molar-refractivity contribution in [1.29, 1.82) is 0 Å². The number of rotatable bonds is 5. The Bertz CT molecular complexity index is 750. The molecule has 7 heteroatoms. The second-order valence-corrected chi connectivity index (χ2v) is 7.07. The molecule has 0 radical (unpaired) electrons. The van der Waals surface area contributed by atoms with Gasteiger partial charge in [-0.2, -0.15) is 0 Å². The predicted octanol–water partition coefficient (Wildman–Crippen LogP) is 3.66. The van der Waals surface area contributed by atoms with E-state index in [2.05, 4.69) is 10.0 Å². The number of nitrogens with one attached hydrogen (secondary N) is 2. The van der Waals surface area contributed by atoms with Crippen LogP contribution in [0.1, 0.15) is 6.92 Å². The lowest BCUT2D eigenvalue weighted by Crippen LogP contribution is -2.16. The van der Waals surface area contributed by atoms with Crippen LogP contribution in [0.15, 0.2) is 47.4 Å². The first-order valence-corrected chi connectivity index (χ1v) is 8.81. The van der Waals surface area contributed by atoms with Gasteiger partial charge < -0.3 is 5.32 Å². The van der Waals surface area contributed by atoms with Crippen LogP contribution in [-0.2, 0) is 10.0 Å². The summed E-state index contributed by atoms with van der Waals surface area (Å²) < 4.78 is 41.0. The van der Waals surface area contributed by atoms with Crippen molar-refractivity contribution in [2.24, 2.45) is 0 Å². The zero-order chi connectivity index (χ0) is 15.5. The summed E-state index contributed by atoms with van der Waals surface area (Å²) in [5.74, 6) is -0.407. The molecule has 0 saturated carbocycles. The molecule has 0 spiro atoms. The molecular formula is C14H14FIN2O2S. The summed E-state index contributed by atoms with van der Waals surface area (Å²) in [5.41, 5.74) is 0.882. The molecule has 2 aromatic carbocycles. The van der Waals surface area contributed by atoms with Crippen LogP contribution in [0.25, 0.3) is 0 Å². The maximum atomic E-state index is 13.1. The Kier molecular flexibility index (Phi) is 5.04. The number of benzene rings is 2. The van der Waals surface area contributed by atoms with E-state index in [1.807, 2.05) is 29.5 Å². The van der Waals surface area contributed by atoms with Gasteiger partial charge in [-0.05, 0) is 59.8 Å². The van der Waals surface area contributed by atoms with Gasteiger partial charge in [-0.15, -0.1) is 0 Å². The highest BCUT2D eigenvalue weighted by atomic mass is 127. The highest BCUT2D eigenvalue weighted by Crippen LogP contribution is 2.26. The molecule has 0 saturated heterocycles. The summed E-state index contributed by atoms with van der Waals surface area (Å²) in [4.78, 5) is 0.159. The van der Waals surface area contributed by atoms with Crippen molar-refractivity contribution in [1.82, 2.24) is 0 Å². The zero-order valence-electron chi connectivity index (χ0n) is 11.2. The van der Waals surface area contributed by atoms with Gasteiger partial charge in [0.2, 0.25) is 0 Å². The van der Waals surface area contributed by atoms with Gasteiger partial charge in [-0.1, -0.05) is 12.1 Å². The predicted molar refractivity (Wildman–Crippen MR) is 90.5 cm³/mol. The van der Waals surface area contributed by atoms with Crippen molar-refractivity contribution in [3.8, 4) is 0 Å². The van der Waals surface area contributed by atoms with E-state index in [1.165, 1.54) is 24.3 Å². The minimum atomic E-state index is -3.74. The van der Waals surface area contributed by atoms with Crippen LogP contribution in [0.2, 0.25) is 0 Å². The molecule has 0 aliphatic rings. The Hall–Kier alpha value is -1.35. The minimum Gasteiger partial charge on any atom is -0.384 e. The lowest BCUT2D eigenvalue weighted by Gasteiger charge is -2.13. The third-order valence-corrected chi connectivity index (χ3v) is 5.04. The molecule has 2 N–H and O–H groups in total. The fourth-order valence-electron chi connectivity index (χ4n) is 1.81. The second kappa shape index (κ2) is 6.61. The van der Waals surface area contributed by atoms with Crippen LogP contribution in [0, 0.1) is 9.39 Å². The highest BCUT2D eigenvalue weighted by molar-refractivity contribution is 14.1. The SMILES string of the molecule is CCNc1ccccc1S(=O)(=O)Nc1ccc(F)cc1I. The molecule has 0 unspecified atom stereocenters.